The average molecular weight is 322 g/mol. The molecule has 1 saturated heterocycles. The second kappa shape index (κ2) is 5.81. The molecule has 1 aliphatic rings. The van der Waals surface area contributed by atoms with Gasteiger partial charge in [-0.2, -0.15) is 0 Å². The second-order valence-electron chi connectivity index (χ2n) is 5.64. The average Bonchev–Trinajstić information content (AvgIpc) is 2.58. The molecule has 0 bridgehead atoms. The lowest BCUT2D eigenvalue weighted by Gasteiger charge is -2.38. The molecule has 4 rings (SSSR count). The van der Waals surface area contributed by atoms with Gasteiger partial charge in [0, 0.05) is 17.5 Å². The molecule has 6 nitrogen and oxygen atoms in total. The third-order valence-electron chi connectivity index (χ3n) is 3.94. The van der Waals surface area contributed by atoms with Crippen LogP contribution in [0.1, 0.15) is 10.4 Å². The summed E-state index contributed by atoms with van der Waals surface area (Å²) in [5, 5.41) is 1.06. The Hall–Kier alpha value is -3.15. The van der Waals surface area contributed by atoms with Gasteiger partial charge < -0.3 is 14.1 Å². The van der Waals surface area contributed by atoms with E-state index in [0.29, 0.717) is 24.5 Å². The van der Waals surface area contributed by atoms with Gasteiger partial charge in [0.2, 0.25) is 5.88 Å². The summed E-state index contributed by atoms with van der Waals surface area (Å²) in [4.78, 5) is 29.2. The predicted molar refractivity (Wildman–Crippen MR) is 87.0 cm³/mol. The van der Waals surface area contributed by atoms with Crippen LogP contribution in [0.15, 0.2) is 64.0 Å². The Kier molecular flexibility index (Phi) is 3.49. The van der Waals surface area contributed by atoms with Crippen LogP contribution in [0.3, 0.4) is 0 Å². The smallest absolute Gasteiger partial charge is 0.335 e. The van der Waals surface area contributed by atoms with Crippen molar-refractivity contribution in [3.05, 3.63) is 70.8 Å². The summed E-state index contributed by atoms with van der Waals surface area (Å²) in [5.74, 6) is 0.376. The molecule has 0 aliphatic carbocycles. The SMILES string of the molecule is O=C(c1ccc(=O)oc1)N1CC(Oc2ccc3ccccc3n2)C1. The van der Waals surface area contributed by atoms with Crippen LogP contribution in [0.5, 0.6) is 5.88 Å². The molecule has 1 amide bonds. The fraction of sp³-hybridized carbons (Fsp3) is 0.167. The molecule has 1 fully saturated rings. The van der Waals surface area contributed by atoms with Crippen LogP contribution in [0, 0.1) is 0 Å². The molecule has 0 unspecified atom stereocenters. The number of hydrogen-bond acceptors (Lipinski definition) is 5. The molecule has 2 aromatic heterocycles. The van der Waals surface area contributed by atoms with Gasteiger partial charge in [0.15, 0.2) is 0 Å². The van der Waals surface area contributed by atoms with E-state index in [-0.39, 0.29) is 12.0 Å². The number of amides is 1. The minimum atomic E-state index is -0.473. The van der Waals surface area contributed by atoms with E-state index in [2.05, 4.69) is 4.98 Å². The van der Waals surface area contributed by atoms with Gasteiger partial charge in [0.05, 0.1) is 24.2 Å². The number of hydrogen-bond donors (Lipinski definition) is 0. The van der Waals surface area contributed by atoms with E-state index < -0.39 is 5.63 Å². The molecule has 0 N–H and O–H groups in total. The summed E-state index contributed by atoms with van der Waals surface area (Å²) in [6, 6.07) is 14.3. The maximum Gasteiger partial charge on any atom is 0.335 e. The first-order valence-corrected chi connectivity index (χ1v) is 7.60. The number of para-hydroxylation sites is 1. The van der Waals surface area contributed by atoms with Crippen LogP contribution in [0.4, 0.5) is 0 Å². The van der Waals surface area contributed by atoms with Gasteiger partial charge in [0.25, 0.3) is 5.91 Å². The third kappa shape index (κ3) is 2.74. The van der Waals surface area contributed by atoms with Crippen molar-refractivity contribution in [3.8, 4) is 5.88 Å². The van der Waals surface area contributed by atoms with Crippen molar-refractivity contribution in [3.63, 3.8) is 0 Å². The normalized spacial score (nSPS) is 14.4. The Morgan fingerprint density at radius 3 is 2.75 bits per heavy atom. The van der Waals surface area contributed by atoms with Crippen molar-refractivity contribution in [2.24, 2.45) is 0 Å². The number of rotatable bonds is 3. The van der Waals surface area contributed by atoms with Crippen molar-refractivity contribution in [2.45, 2.75) is 6.10 Å². The minimum absolute atomic E-state index is 0.0849. The van der Waals surface area contributed by atoms with E-state index in [1.807, 2.05) is 36.4 Å². The first-order chi connectivity index (χ1) is 11.7. The van der Waals surface area contributed by atoms with Crippen LogP contribution < -0.4 is 10.4 Å². The highest BCUT2D eigenvalue weighted by Crippen LogP contribution is 2.21. The molecule has 0 saturated carbocycles. The van der Waals surface area contributed by atoms with Crippen molar-refractivity contribution >= 4 is 16.8 Å². The van der Waals surface area contributed by atoms with E-state index in [9.17, 15) is 9.59 Å². The zero-order chi connectivity index (χ0) is 16.5. The summed E-state index contributed by atoms with van der Waals surface area (Å²) in [5.41, 5.74) is 0.761. The van der Waals surface area contributed by atoms with E-state index in [4.69, 9.17) is 9.15 Å². The molecule has 120 valence electrons. The fourth-order valence-corrected chi connectivity index (χ4v) is 2.62. The van der Waals surface area contributed by atoms with Gasteiger partial charge in [-0.15, -0.1) is 0 Å². The molecule has 24 heavy (non-hydrogen) atoms. The molecule has 3 heterocycles. The van der Waals surface area contributed by atoms with E-state index >= 15 is 0 Å². The number of likely N-dealkylation sites (tertiary alicyclic amines) is 1. The molecular weight excluding hydrogens is 308 g/mol. The summed E-state index contributed by atoms with van der Waals surface area (Å²) >= 11 is 0. The molecule has 3 aromatic rings. The lowest BCUT2D eigenvalue weighted by molar-refractivity contribution is 0.0159. The maximum atomic E-state index is 12.2. The van der Waals surface area contributed by atoms with Crippen molar-refractivity contribution in [1.29, 1.82) is 0 Å². The lowest BCUT2D eigenvalue weighted by Crippen LogP contribution is -2.56. The Labute approximate surface area is 137 Å². The summed E-state index contributed by atoms with van der Waals surface area (Å²) in [6.07, 6.45) is 1.10. The molecule has 1 aliphatic heterocycles. The highest BCUT2D eigenvalue weighted by molar-refractivity contribution is 5.94. The molecule has 0 radical (unpaired) electrons. The minimum Gasteiger partial charge on any atom is -0.471 e. The number of nitrogens with zero attached hydrogens (tertiary/aromatic N) is 2. The molecule has 0 spiro atoms. The molecule has 1 aromatic carbocycles. The first-order valence-electron chi connectivity index (χ1n) is 7.60. The Balaban J connectivity index is 1.39. The second-order valence-corrected chi connectivity index (χ2v) is 5.64. The van der Waals surface area contributed by atoms with Gasteiger partial charge >= 0.3 is 5.63 Å². The fourth-order valence-electron chi connectivity index (χ4n) is 2.62. The number of carbonyl (C=O) groups is 1. The summed E-state index contributed by atoms with van der Waals surface area (Å²) < 4.78 is 10.5. The van der Waals surface area contributed by atoms with Crippen LogP contribution in [0.2, 0.25) is 0 Å². The Morgan fingerprint density at radius 1 is 1.12 bits per heavy atom. The number of aromatic nitrogens is 1. The topological polar surface area (TPSA) is 72.6 Å². The summed E-state index contributed by atoms with van der Waals surface area (Å²) in [6.45, 7) is 0.957. The van der Waals surface area contributed by atoms with Gasteiger partial charge in [0.1, 0.15) is 12.4 Å². The standard InChI is InChI=1S/C18H14N2O4/c21-17-8-6-13(11-23-17)18(22)20-9-14(10-20)24-16-7-5-12-3-1-2-4-15(12)19-16/h1-8,11,14H,9-10H2. The Morgan fingerprint density at radius 2 is 1.96 bits per heavy atom. The van der Waals surface area contributed by atoms with Gasteiger partial charge in [-0.25, -0.2) is 9.78 Å². The number of ether oxygens (including phenoxy) is 1. The molecular formula is C18H14N2O4. The lowest BCUT2D eigenvalue weighted by atomic mass is 10.1. The number of benzene rings is 1. The third-order valence-corrected chi connectivity index (χ3v) is 3.94. The Bertz CT molecular complexity index is 940. The van der Waals surface area contributed by atoms with Crippen LogP contribution in [-0.4, -0.2) is 35.0 Å². The highest BCUT2D eigenvalue weighted by Gasteiger charge is 2.33. The number of fused-ring (bicyclic) bond motifs is 1. The van der Waals surface area contributed by atoms with Crippen LogP contribution >= 0.6 is 0 Å². The maximum absolute atomic E-state index is 12.2. The van der Waals surface area contributed by atoms with E-state index in [1.54, 1.807) is 4.90 Å². The van der Waals surface area contributed by atoms with Crippen molar-refractivity contribution < 1.29 is 13.9 Å². The van der Waals surface area contributed by atoms with Crippen molar-refractivity contribution in [1.82, 2.24) is 9.88 Å². The summed E-state index contributed by atoms with van der Waals surface area (Å²) in [7, 11) is 0. The molecule has 0 atom stereocenters. The van der Waals surface area contributed by atoms with Gasteiger partial charge in [-0.05, 0) is 18.2 Å². The van der Waals surface area contributed by atoms with Crippen LogP contribution in [0.25, 0.3) is 10.9 Å². The zero-order valence-corrected chi connectivity index (χ0v) is 12.7. The monoisotopic (exact) mass is 322 g/mol. The van der Waals surface area contributed by atoms with Crippen LogP contribution in [-0.2, 0) is 0 Å². The highest BCUT2D eigenvalue weighted by atomic mass is 16.5. The van der Waals surface area contributed by atoms with E-state index in [0.717, 1.165) is 10.9 Å². The molecule has 6 heteroatoms. The van der Waals surface area contributed by atoms with E-state index in [1.165, 1.54) is 18.4 Å². The zero-order valence-electron chi connectivity index (χ0n) is 12.7. The quantitative estimate of drug-likeness (QED) is 0.738. The van der Waals surface area contributed by atoms with Crippen molar-refractivity contribution in [2.75, 3.05) is 13.1 Å². The predicted octanol–water partition coefficient (Wildman–Crippen LogP) is 2.09. The largest absolute Gasteiger partial charge is 0.471 e. The van der Waals surface area contributed by atoms with Gasteiger partial charge in [-0.1, -0.05) is 18.2 Å². The first kappa shape index (κ1) is 14.4. The number of pyridine rings is 1. The van der Waals surface area contributed by atoms with Gasteiger partial charge in [-0.3, -0.25) is 4.79 Å². The number of carbonyl (C=O) groups excluding carboxylic acids is 1.